The van der Waals surface area contributed by atoms with E-state index in [0.29, 0.717) is 22.9 Å². The molecule has 1 aliphatic heterocycles. The van der Waals surface area contributed by atoms with Gasteiger partial charge in [-0.2, -0.15) is 0 Å². The summed E-state index contributed by atoms with van der Waals surface area (Å²) < 4.78 is 0. The number of hydrogen-bond acceptors (Lipinski definition) is 3. The number of nitrogens with one attached hydrogen (secondary N) is 1. The number of aliphatic imine (C=N–C) groups is 1. The first-order chi connectivity index (χ1) is 8.54. The van der Waals surface area contributed by atoms with Crippen LogP contribution in [0.4, 0.5) is 0 Å². The van der Waals surface area contributed by atoms with Crippen LogP contribution in [0.3, 0.4) is 0 Å². The largest absolute Gasteiger partial charge is 0.364 e. The zero-order valence-corrected chi connectivity index (χ0v) is 12.1. The number of rotatable bonds is 1. The second-order valence-electron chi connectivity index (χ2n) is 6.85. The molecule has 96 valence electrons. The van der Waals surface area contributed by atoms with E-state index in [-0.39, 0.29) is 0 Å². The molecule has 3 heteroatoms. The van der Waals surface area contributed by atoms with E-state index in [4.69, 9.17) is 4.99 Å². The summed E-state index contributed by atoms with van der Waals surface area (Å²) in [5, 5.41) is 5.86. The zero-order chi connectivity index (χ0) is 12.5. The molecule has 3 aliphatic rings. The summed E-state index contributed by atoms with van der Waals surface area (Å²) in [6, 6.07) is 5.35. The molecule has 1 aromatic heterocycles. The maximum absolute atomic E-state index is 5.06. The van der Waals surface area contributed by atoms with Crippen molar-refractivity contribution >= 4 is 17.2 Å². The maximum atomic E-state index is 5.06. The van der Waals surface area contributed by atoms with Crippen molar-refractivity contribution in [2.75, 3.05) is 0 Å². The fourth-order valence-corrected chi connectivity index (χ4v) is 5.30. The van der Waals surface area contributed by atoms with E-state index in [9.17, 15) is 0 Å². The van der Waals surface area contributed by atoms with Gasteiger partial charge in [0.25, 0.3) is 0 Å². The molecule has 1 N–H and O–H groups in total. The maximum Gasteiger partial charge on any atom is 0.139 e. The molecule has 0 unspecified atom stereocenters. The summed E-state index contributed by atoms with van der Waals surface area (Å²) in [5.41, 5.74) is 0.814. The van der Waals surface area contributed by atoms with Gasteiger partial charge in [0.1, 0.15) is 5.84 Å². The zero-order valence-electron chi connectivity index (χ0n) is 11.2. The van der Waals surface area contributed by atoms with Crippen LogP contribution in [0.1, 0.15) is 38.5 Å². The average Bonchev–Trinajstić information content (AvgIpc) is 3.02. The van der Waals surface area contributed by atoms with E-state index in [2.05, 4.69) is 43.6 Å². The predicted molar refractivity (Wildman–Crippen MR) is 76.2 cm³/mol. The summed E-state index contributed by atoms with van der Waals surface area (Å²) in [7, 11) is 0. The van der Waals surface area contributed by atoms with Crippen molar-refractivity contribution in [2.24, 2.45) is 21.7 Å². The van der Waals surface area contributed by atoms with Gasteiger partial charge in [-0.25, -0.2) is 0 Å². The van der Waals surface area contributed by atoms with Crippen LogP contribution in [0, 0.1) is 16.7 Å². The fourth-order valence-electron chi connectivity index (χ4n) is 4.62. The van der Waals surface area contributed by atoms with Crippen molar-refractivity contribution < 1.29 is 0 Å². The van der Waals surface area contributed by atoms with E-state index >= 15 is 0 Å². The first-order valence-corrected chi connectivity index (χ1v) is 7.80. The Morgan fingerprint density at radius 3 is 2.89 bits per heavy atom. The summed E-state index contributed by atoms with van der Waals surface area (Å²) in [6.07, 6.45) is 2.71. The highest BCUT2D eigenvalue weighted by atomic mass is 32.1. The second-order valence-corrected chi connectivity index (χ2v) is 7.80. The monoisotopic (exact) mass is 260 g/mol. The number of amidine groups is 1. The Labute approximate surface area is 113 Å². The number of hydrogen-bond donors (Lipinski definition) is 1. The highest BCUT2D eigenvalue weighted by Crippen LogP contribution is 2.67. The van der Waals surface area contributed by atoms with Crippen molar-refractivity contribution in [1.29, 1.82) is 0 Å². The summed E-state index contributed by atoms with van der Waals surface area (Å²) >= 11 is 1.79. The molecule has 18 heavy (non-hydrogen) atoms. The van der Waals surface area contributed by atoms with Crippen LogP contribution in [0.2, 0.25) is 0 Å². The quantitative estimate of drug-likeness (QED) is 0.823. The lowest BCUT2D eigenvalue weighted by molar-refractivity contribution is 0.137. The lowest BCUT2D eigenvalue weighted by Gasteiger charge is -2.36. The molecular formula is C15H20N2S. The lowest BCUT2D eigenvalue weighted by atomic mass is 9.69. The Hall–Kier alpha value is -0.830. The minimum atomic E-state index is 0.383. The van der Waals surface area contributed by atoms with E-state index < -0.39 is 0 Å². The van der Waals surface area contributed by atoms with Crippen molar-refractivity contribution in [1.82, 2.24) is 5.32 Å². The van der Waals surface area contributed by atoms with E-state index in [1.165, 1.54) is 17.7 Å². The first kappa shape index (κ1) is 11.0. The summed E-state index contributed by atoms with van der Waals surface area (Å²) in [5.74, 6) is 1.93. The smallest absolute Gasteiger partial charge is 0.139 e. The Morgan fingerprint density at radius 1 is 1.39 bits per heavy atom. The molecule has 0 amide bonds. The molecule has 4 rings (SSSR count). The van der Waals surface area contributed by atoms with Crippen molar-refractivity contribution in [3.05, 3.63) is 22.4 Å². The molecule has 2 bridgehead atoms. The summed E-state index contributed by atoms with van der Waals surface area (Å²) in [4.78, 5) is 6.36. The SMILES string of the molecule is CC1(C)[C@H]2CC[C@]1(C)[C@H]1N=C(c3cccs3)N[C@@H]21. The van der Waals surface area contributed by atoms with Crippen molar-refractivity contribution in [3.63, 3.8) is 0 Å². The normalized spacial score (nSPS) is 43.7. The van der Waals surface area contributed by atoms with Gasteiger partial charge in [-0.05, 0) is 41.0 Å². The molecule has 2 nitrogen and oxygen atoms in total. The van der Waals surface area contributed by atoms with Crippen LogP contribution in [0.5, 0.6) is 0 Å². The molecule has 1 aromatic rings. The molecule has 0 spiro atoms. The molecule has 0 saturated heterocycles. The number of thiophene rings is 1. The third-order valence-electron chi connectivity index (χ3n) is 6.13. The molecule has 2 aliphatic carbocycles. The summed E-state index contributed by atoms with van der Waals surface area (Å²) in [6.45, 7) is 7.36. The highest BCUT2D eigenvalue weighted by molar-refractivity contribution is 7.12. The van der Waals surface area contributed by atoms with Gasteiger partial charge in [0.15, 0.2) is 0 Å². The molecule has 0 radical (unpaired) electrons. The topological polar surface area (TPSA) is 24.4 Å². The molecule has 0 aromatic carbocycles. The fraction of sp³-hybridized carbons (Fsp3) is 0.667. The van der Waals surface area contributed by atoms with Crippen LogP contribution < -0.4 is 5.32 Å². The number of fused-ring (bicyclic) bond motifs is 5. The Kier molecular flexibility index (Phi) is 1.95. The minimum absolute atomic E-state index is 0.383. The third-order valence-corrected chi connectivity index (χ3v) is 7.00. The van der Waals surface area contributed by atoms with Crippen LogP contribution in [0.15, 0.2) is 22.5 Å². The molecule has 4 atom stereocenters. The lowest BCUT2D eigenvalue weighted by Crippen LogP contribution is -2.41. The Bertz CT molecular complexity index is 517. The third kappa shape index (κ3) is 1.08. The molecular weight excluding hydrogens is 240 g/mol. The van der Waals surface area contributed by atoms with E-state index in [1.807, 2.05) is 0 Å². The standard InChI is InChI=1S/C15H20N2S/c1-14(2)9-6-7-15(14,3)12-11(9)16-13(17-12)10-5-4-8-18-10/h4-5,8-9,11-12H,6-7H2,1-3H3,(H,16,17)/t9-,11-,12-,15+/m0/s1. The Morgan fingerprint density at radius 2 is 2.22 bits per heavy atom. The van der Waals surface area contributed by atoms with Gasteiger partial charge in [0.2, 0.25) is 0 Å². The second kappa shape index (κ2) is 3.19. The van der Waals surface area contributed by atoms with Gasteiger partial charge in [-0.1, -0.05) is 26.8 Å². The minimum Gasteiger partial charge on any atom is -0.364 e. The van der Waals surface area contributed by atoms with Gasteiger partial charge in [-0.15, -0.1) is 11.3 Å². The van der Waals surface area contributed by atoms with Crippen molar-refractivity contribution in [3.8, 4) is 0 Å². The van der Waals surface area contributed by atoms with Gasteiger partial charge < -0.3 is 5.32 Å². The average molecular weight is 260 g/mol. The predicted octanol–water partition coefficient (Wildman–Crippen LogP) is 3.29. The molecule has 2 heterocycles. The molecule has 2 saturated carbocycles. The van der Waals surface area contributed by atoms with Crippen LogP contribution in [-0.4, -0.2) is 17.9 Å². The van der Waals surface area contributed by atoms with E-state index in [0.717, 1.165) is 11.8 Å². The highest BCUT2D eigenvalue weighted by Gasteiger charge is 2.67. The van der Waals surface area contributed by atoms with Gasteiger partial charge in [-0.3, -0.25) is 4.99 Å². The Balaban J connectivity index is 1.76. The van der Waals surface area contributed by atoms with E-state index in [1.54, 1.807) is 11.3 Å². The van der Waals surface area contributed by atoms with Crippen molar-refractivity contribution in [2.45, 2.75) is 45.7 Å². The molecule has 2 fully saturated rings. The van der Waals surface area contributed by atoms with Gasteiger partial charge >= 0.3 is 0 Å². The van der Waals surface area contributed by atoms with Crippen LogP contribution in [-0.2, 0) is 0 Å². The van der Waals surface area contributed by atoms with Gasteiger partial charge in [0.05, 0.1) is 17.0 Å². The van der Waals surface area contributed by atoms with Gasteiger partial charge in [0, 0.05) is 0 Å². The van der Waals surface area contributed by atoms with Crippen LogP contribution >= 0.6 is 11.3 Å². The van der Waals surface area contributed by atoms with Crippen LogP contribution in [0.25, 0.3) is 0 Å². The number of nitrogens with zero attached hydrogens (tertiary/aromatic N) is 1. The first-order valence-electron chi connectivity index (χ1n) is 6.92.